The van der Waals surface area contributed by atoms with E-state index in [1.165, 1.54) is 45.7 Å². The van der Waals surface area contributed by atoms with E-state index in [-0.39, 0.29) is 0 Å². The second-order valence-corrected chi connectivity index (χ2v) is 6.43. The van der Waals surface area contributed by atoms with Gasteiger partial charge in [0, 0.05) is 6.54 Å². The van der Waals surface area contributed by atoms with Crippen LogP contribution in [0.5, 0.6) is 0 Å². The molecule has 20 heavy (non-hydrogen) atoms. The van der Waals surface area contributed by atoms with Gasteiger partial charge in [-0.15, -0.1) is 0 Å². The van der Waals surface area contributed by atoms with Gasteiger partial charge < -0.3 is 15.1 Å². The Balaban J connectivity index is 3.78. The van der Waals surface area contributed by atoms with Gasteiger partial charge in [-0.2, -0.15) is 0 Å². The molecule has 0 aromatic rings. The minimum absolute atomic E-state index is 0.738. The third kappa shape index (κ3) is 10.6. The van der Waals surface area contributed by atoms with Crippen LogP contribution < -0.4 is 5.32 Å². The molecule has 3 heteroatoms. The predicted molar refractivity (Wildman–Crippen MR) is 91.4 cm³/mol. The van der Waals surface area contributed by atoms with Gasteiger partial charge in [0.1, 0.15) is 0 Å². The van der Waals surface area contributed by atoms with Crippen molar-refractivity contribution in [2.75, 3.05) is 52.4 Å². The van der Waals surface area contributed by atoms with Gasteiger partial charge in [-0.3, -0.25) is 0 Å². The molecule has 0 heterocycles. The average molecular weight is 286 g/mol. The maximum atomic E-state index is 3.57. The first-order valence-corrected chi connectivity index (χ1v) is 8.68. The van der Waals surface area contributed by atoms with Gasteiger partial charge >= 0.3 is 0 Å². The summed E-state index contributed by atoms with van der Waals surface area (Å²) in [6.07, 6.45) is 1.29. The van der Waals surface area contributed by atoms with Crippen LogP contribution >= 0.6 is 0 Å². The third-order valence-electron chi connectivity index (χ3n) is 3.91. The molecule has 0 aliphatic heterocycles. The smallest absolute Gasteiger partial charge is 0.00190 e. The van der Waals surface area contributed by atoms with E-state index in [4.69, 9.17) is 0 Å². The lowest BCUT2D eigenvalue weighted by atomic mass is 10.1. The summed E-state index contributed by atoms with van der Waals surface area (Å²) in [6, 6.07) is 0. The van der Waals surface area contributed by atoms with Crippen molar-refractivity contribution in [2.45, 2.75) is 48.0 Å². The molecule has 1 unspecified atom stereocenters. The fraction of sp³-hybridized carbons (Fsp3) is 1.00. The molecule has 0 fully saturated rings. The quantitative estimate of drug-likeness (QED) is 0.561. The average Bonchev–Trinajstić information content (AvgIpc) is 2.41. The molecular formula is C17H39N3. The SMILES string of the molecule is CCN(CC)CCCN(CC)CC(C)CNCC(C)C. The summed E-state index contributed by atoms with van der Waals surface area (Å²) >= 11 is 0. The molecule has 0 bridgehead atoms. The number of hydrogen-bond donors (Lipinski definition) is 1. The molecule has 0 saturated heterocycles. The van der Waals surface area contributed by atoms with Crippen LogP contribution in [0.15, 0.2) is 0 Å². The summed E-state index contributed by atoms with van der Waals surface area (Å²) in [5.74, 6) is 1.49. The fourth-order valence-corrected chi connectivity index (χ4v) is 2.56. The predicted octanol–water partition coefficient (Wildman–Crippen LogP) is 2.92. The molecule has 0 amide bonds. The maximum absolute atomic E-state index is 3.57. The number of hydrogen-bond acceptors (Lipinski definition) is 3. The van der Waals surface area contributed by atoms with Crippen molar-refractivity contribution in [1.82, 2.24) is 15.1 Å². The van der Waals surface area contributed by atoms with E-state index in [9.17, 15) is 0 Å². The summed E-state index contributed by atoms with van der Waals surface area (Å²) in [6.45, 7) is 23.2. The van der Waals surface area contributed by atoms with Crippen molar-refractivity contribution in [2.24, 2.45) is 11.8 Å². The first-order chi connectivity index (χ1) is 9.53. The largest absolute Gasteiger partial charge is 0.316 e. The lowest BCUT2D eigenvalue weighted by Crippen LogP contribution is -2.36. The van der Waals surface area contributed by atoms with Gasteiger partial charge in [0.25, 0.3) is 0 Å². The second kappa shape index (κ2) is 12.6. The molecule has 3 nitrogen and oxygen atoms in total. The van der Waals surface area contributed by atoms with E-state index in [1.807, 2.05) is 0 Å². The van der Waals surface area contributed by atoms with Gasteiger partial charge in [0.15, 0.2) is 0 Å². The number of rotatable bonds is 13. The van der Waals surface area contributed by atoms with Crippen LogP contribution in [0.2, 0.25) is 0 Å². The highest BCUT2D eigenvalue weighted by Crippen LogP contribution is 2.02. The Morgan fingerprint density at radius 3 is 1.85 bits per heavy atom. The molecule has 0 aliphatic carbocycles. The Labute approximate surface area is 128 Å². The lowest BCUT2D eigenvalue weighted by Gasteiger charge is -2.26. The zero-order valence-electron chi connectivity index (χ0n) is 14.9. The summed E-state index contributed by atoms with van der Waals surface area (Å²) in [7, 11) is 0. The van der Waals surface area contributed by atoms with Gasteiger partial charge in [-0.1, -0.05) is 41.5 Å². The highest BCUT2D eigenvalue weighted by Gasteiger charge is 2.09. The minimum Gasteiger partial charge on any atom is -0.316 e. The lowest BCUT2D eigenvalue weighted by molar-refractivity contribution is 0.219. The minimum atomic E-state index is 0.738. The molecule has 1 atom stereocenters. The van der Waals surface area contributed by atoms with Crippen molar-refractivity contribution in [1.29, 1.82) is 0 Å². The highest BCUT2D eigenvalue weighted by molar-refractivity contribution is 4.66. The molecule has 0 rings (SSSR count). The Bertz CT molecular complexity index is 202. The molecule has 0 aromatic heterocycles. The summed E-state index contributed by atoms with van der Waals surface area (Å²) < 4.78 is 0. The first kappa shape index (κ1) is 19.9. The Morgan fingerprint density at radius 2 is 1.35 bits per heavy atom. The molecule has 0 spiro atoms. The van der Waals surface area contributed by atoms with Crippen molar-refractivity contribution >= 4 is 0 Å². The fourth-order valence-electron chi connectivity index (χ4n) is 2.56. The zero-order chi connectivity index (χ0) is 15.4. The number of nitrogens with one attached hydrogen (secondary N) is 1. The molecule has 0 saturated carbocycles. The highest BCUT2D eigenvalue weighted by atomic mass is 15.1. The molecule has 122 valence electrons. The van der Waals surface area contributed by atoms with Crippen LogP contribution in [0.4, 0.5) is 0 Å². The van der Waals surface area contributed by atoms with E-state index in [2.05, 4.69) is 56.7 Å². The van der Waals surface area contributed by atoms with Crippen LogP contribution in [-0.2, 0) is 0 Å². The van der Waals surface area contributed by atoms with Crippen LogP contribution in [0.25, 0.3) is 0 Å². The summed E-state index contributed by atoms with van der Waals surface area (Å²) in [5.41, 5.74) is 0. The Kier molecular flexibility index (Phi) is 12.5. The zero-order valence-corrected chi connectivity index (χ0v) is 14.9. The molecule has 0 radical (unpaired) electrons. The van der Waals surface area contributed by atoms with E-state index in [1.54, 1.807) is 0 Å². The molecule has 0 aromatic carbocycles. The van der Waals surface area contributed by atoms with Crippen LogP contribution in [-0.4, -0.2) is 62.2 Å². The molecule has 1 N–H and O–H groups in total. The van der Waals surface area contributed by atoms with Crippen molar-refractivity contribution in [3.8, 4) is 0 Å². The molecular weight excluding hydrogens is 246 g/mol. The van der Waals surface area contributed by atoms with Gasteiger partial charge in [-0.25, -0.2) is 0 Å². The van der Waals surface area contributed by atoms with E-state index in [0.717, 1.165) is 24.9 Å². The maximum Gasteiger partial charge on any atom is 0.00190 e. The van der Waals surface area contributed by atoms with Crippen LogP contribution in [0, 0.1) is 11.8 Å². The van der Waals surface area contributed by atoms with E-state index >= 15 is 0 Å². The van der Waals surface area contributed by atoms with Gasteiger partial charge in [0.05, 0.1) is 0 Å². The van der Waals surface area contributed by atoms with E-state index in [0.29, 0.717) is 0 Å². The topological polar surface area (TPSA) is 18.5 Å². The third-order valence-corrected chi connectivity index (χ3v) is 3.91. The van der Waals surface area contributed by atoms with Crippen molar-refractivity contribution < 1.29 is 0 Å². The normalized spacial score (nSPS) is 13.7. The Hall–Kier alpha value is -0.120. The van der Waals surface area contributed by atoms with Crippen LogP contribution in [0.3, 0.4) is 0 Å². The van der Waals surface area contributed by atoms with E-state index < -0.39 is 0 Å². The standard InChI is InChI=1S/C17H39N3/c1-7-19(8-2)11-10-12-20(9-3)15-17(6)14-18-13-16(4)5/h16-18H,7-15H2,1-6H3. The van der Waals surface area contributed by atoms with Crippen molar-refractivity contribution in [3.63, 3.8) is 0 Å². The Morgan fingerprint density at radius 1 is 0.800 bits per heavy atom. The summed E-state index contributed by atoms with van der Waals surface area (Å²) in [5, 5.41) is 3.57. The van der Waals surface area contributed by atoms with Gasteiger partial charge in [-0.05, 0) is 64.1 Å². The summed E-state index contributed by atoms with van der Waals surface area (Å²) in [4.78, 5) is 5.12. The van der Waals surface area contributed by atoms with Crippen molar-refractivity contribution in [3.05, 3.63) is 0 Å². The first-order valence-electron chi connectivity index (χ1n) is 8.68. The molecule has 0 aliphatic rings. The number of nitrogens with zero attached hydrogens (tertiary/aromatic N) is 2. The monoisotopic (exact) mass is 285 g/mol. The van der Waals surface area contributed by atoms with Gasteiger partial charge in [0.2, 0.25) is 0 Å². The van der Waals surface area contributed by atoms with Crippen LogP contribution in [0.1, 0.15) is 48.0 Å². The second-order valence-electron chi connectivity index (χ2n) is 6.43.